The molecule has 2 saturated heterocycles. The monoisotopic (exact) mass is 363 g/mol. The molecule has 1 atom stereocenters. The number of morpholine rings is 1. The third-order valence-electron chi connectivity index (χ3n) is 7.10. The molecule has 0 N–H and O–H groups in total. The molecule has 0 spiro atoms. The number of halogens is 1. The van der Waals surface area contributed by atoms with Crippen molar-refractivity contribution >= 4 is 7.12 Å². The second-order valence-corrected chi connectivity index (χ2v) is 9.45. The molecule has 2 aliphatic carbocycles. The van der Waals surface area contributed by atoms with E-state index in [2.05, 4.69) is 11.8 Å². The van der Waals surface area contributed by atoms with E-state index in [0.29, 0.717) is 19.1 Å². The van der Waals surface area contributed by atoms with Gasteiger partial charge in [0.05, 0.1) is 24.4 Å². The van der Waals surface area contributed by atoms with Gasteiger partial charge in [0.2, 0.25) is 0 Å². The van der Waals surface area contributed by atoms with Crippen LogP contribution < -0.4 is 0 Å². The van der Waals surface area contributed by atoms with E-state index in [0.717, 1.165) is 43.5 Å². The van der Waals surface area contributed by atoms with E-state index in [9.17, 15) is 0 Å². The number of rotatable bonds is 3. The summed E-state index contributed by atoms with van der Waals surface area (Å²) in [5.74, 6) is 0.345. The first-order valence-corrected chi connectivity index (χ1v) is 9.93. The first-order chi connectivity index (χ1) is 12.1. The SMILES string of the molecule is CC1(C2CC2)CC(N2CCOCC2)=CC(F)=C1B1OC(C)(C)C(C)(C)O1. The van der Waals surface area contributed by atoms with Crippen molar-refractivity contribution in [2.75, 3.05) is 26.3 Å². The maximum Gasteiger partial charge on any atom is 0.494 e. The van der Waals surface area contributed by atoms with Crippen LogP contribution in [0.5, 0.6) is 0 Å². The molecule has 144 valence electrons. The Kier molecular flexibility index (Phi) is 4.33. The normalized spacial score (nSPS) is 34.3. The van der Waals surface area contributed by atoms with Crippen molar-refractivity contribution in [2.24, 2.45) is 11.3 Å². The van der Waals surface area contributed by atoms with Gasteiger partial charge in [0, 0.05) is 24.3 Å². The van der Waals surface area contributed by atoms with Crippen LogP contribution in [0.1, 0.15) is 53.9 Å². The largest absolute Gasteiger partial charge is 0.494 e. The molecule has 0 aromatic rings. The number of hydrogen-bond donors (Lipinski definition) is 0. The molecule has 1 saturated carbocycles. The molecular formula is C20H31BFNO3. The van der Waals surface area contributed by atoms with Gasteiger partial charge in [0.15, 0.2) is 0 Å². The molecule has 0 amide bonds. The molecule has 0 bridgehead atoms. The van der Waals surface area contributed by atoms with Crippen LogP contribution in [0.15, 0.2) is 23.1 Å². The molecular weight excluding hydrogens is 332 g/mol. The fourth-order valence-corrected chi connectivity index (χ4v) is 4.50. The summed E-state index contributed by atoms with van der Waals surface area (Å²) < 4.78 is 33.4. The average Bonchev–Trinajstić information content (AvgIpc) is 3.36. The molecule has 1 unspecified atom stereocenters. The van der Waals surface area contributed by atoms with Crippen LogP contribution in [0.2, 0.25) is 0 Å². The molecule has 4 nitrogen and oxygen atoms in total. The Morgan fingerprint density at radius 3 is 2.15 bits per heavy atom. The second-order valence-electron chi connectivity index (χ2n) is 9.45. The fraction of sp³-hybridized carbons (Fsp3) is 0.800. The van der Waals surface area contributed by atoms with Crippen LogP contribution in [-0.4, -0.2) is 49.5 Å². The van der Waals surface area contributed by atoms with Crippen molar-refractivity contribution in [1.82, 2.24) is 4.90 Å². The summed E-state index contributed by atoms with van der Waals surface area (Å²) >= 11 is 0. The topological polar surface area (TPSA) is 30.9 Å². The first-order valence-electron chi connectivity index (χ1n) is 9.93. The fourth-order valence-electron chi connectivity index (χ4n) is 4.50. The van der Waals surface area contributed by atoms with E-state index >= 15 is 4.39 Å². The highest BCUT2D eigenvalue weighted by atomic mass is 19.1. The lowest BCUT2D eigenvalue weighted by Crippen LogP contribution is -2.42. The molecule has 6 heteroatoms. The van der Waals surface area contributed by atoms with Crippen LogP contribution in [0, 0.1) is 11.3 Å². The second kappa shape index (κ2) is 6.08. The summed E-state index contributed by atoms with van der Waals surface area (Å²) in [5, 5.41) is 0. The third-order valence-corrected chi connectivity index (χ3v) is 7.10. The Labute approximate surface area is 156 Å². The Hall–Kier alpha value is -0.845. The molecule has 2 aliphatic heterocycles. The number of nitrogens with zero attached hydrogens (tertiary/aromatic N) is 1. The summed E-state index contributed by atoms with van der Waals surface area (Å²) in [7, 11) is -0.604. The van der Waals surface area contributed by atoms with Gasteiger partial charge in [0.25, 0.3) is 0 Å². The number of allylic oxidation sites excluding steroid dienone is 4. The minimum Gasteiger partial charge on any atom is -0.399 e. The van der Waals surface area contributed by atoms with Crippen molar-refractivity contribution in [1.29, 1.82) is 0 Å². The van der Waals surface area contributed by atoms with Gasteiger partial charge < -0.3 is 18.9 Å². The zero-order chi connectivity index (χ0) is 18.7. The van der Waals surface area contributed by atoms with E-state index in [1.54, 1.807) is 6.08 Å². The van der Waals surface area contributed by atoms with E-state index in [4.69, 9.17) is 14.0 Å². The van der Waals surface area contributed by atoms with Crippen LogP contribution in [0.25, 0.3) is 0 Å². The minimum atomic E-state index is -0.604. The van der Waals surface area contributed by atoms with Crippen molar-refractivity contribution in [3.8, 4) is 0 Å². The lowest BCUT2D eigenvalue weighted by Gasteiger charge is -2.42. The van der Waals surface area contributed by atoms with E-state index in [-0.39, 0.29) is 11.2 Å². The number of hydrogen-bond acceptors (Lipinski definition) is 4. The zero-order valence-electron chi connectivity index (χ0n) is 16.7. The highest BCUT2D eigenvalue weighted by molar-refractivity contribution is 6.55. The molecule has 3 fully saturated rings. The maximum absolute atomic E-state index is 15.5. The molecule has 26 heavy (non-hydrogen) atoms. The van der Waals surface area contributed by atoms with Crippen molar-refractivity contribution < 1.29 is 18.4 Å². The molecule has 2 heterocycles. The van der Waals surface area contributed by atoms with E-state index in [1.807, 2.05) is 27.7 Å². The lowest BCUT2D eigenvalue weighted by atomic mass is 9.57. The van der Waals surface area contributed by atoms with Crippen molar-refractivity contribution in [3.63, 3.8) is 0 Å². The van der Waals surface area contributed by atoms with E-state index < -0.39 is 18.3 Å². The van der Waals surface area contributed by atoms with Gasteiger partial charge in [-0.2, -0.15) is 0 Å². The van der Waals surface area contributed by atoms with Gasteiger partial charge >= 0.3 is 7.12 Å². The van der Waals surface area contributed by atoms with Crippen LogP contribution >= 0.6 is 0 Å². The highest BCUT2D eigenvalue weighted by Crippen LogP contribution is 2.58. The summed E-state index contributed by atoms with van der Waals surface area (Å²) in [6, 6.07) is 0. The Morgan fingerprint density at radius 1 is 1.04 bits per heavy atom. The molecule has 4 rings (SSSR count). The summed E-state index contributed by atoms with van der Waals surface area (Å²) in [6.07, 6.45) is 4.88. The van der Waals surface area contributed by atoms with Crippen molar-refractivity contribution in [2.45, 2.75) is 65.1 Å². The van der Waals surface area contributed by atoms with Gasteiger partial charge in [-0.15, -0.1) is 0 Å². The molecule has 0 aromatic heterocycles. The van der Waals surface area contributed by atoms with Gasteiger partial charge in [-0.25, -0.2) is 4.39 Å². The predicted molar refractivity (Wildman–Crippen MR) is 100 cm³/mol. The van der Waals surface area contributed by atoms with Gasteiger partial charge in [0.1, 0.15) is 5.83 Å². The first kappa shape index (κ1) is 18.5. The van der Waals surface area contributed by atoms with Crippen molar-refractivity contribution in [3.05, 3.63) is 23.1 Å². The quantitative estimate of drug-likeness (QED) is 0.712. The van der Waals surface area contributed by atoms with Crippen LogP contribution in [0.4, 0.5) is 4.39 Å². The molecule has 4 aliphatic rings. The average molecular weight is 363 g/mol. The summed E-state index contributed by atoms with van der Waals surface area (Å²) in [5.41, 5.74) is 0.664. The Bertz CT molecular complexity index is 633. The van der Waals surface area contributed by atoms with Gasteiger partial charge in [-0.05, 0) is 64.4 Å². The molecule has 0 aromatic carbocycles. The lowest BCUT2D eigenvalue weighted by molar-refractivity contribution is 0.00578. The van der Waals surface area contributed by atoms with Gasteiger partial charge in [-0.1, -0.05) is 6.92 Å². The van der Waals surface area contributed by atoms with Crippen LogP contribution in [0.3, 0.4) is 0 Å². The summed E-state index contributed by atoms with van der Waals surface area (Å²) in [6.45, 7) is 13.4. The Balaban J connectivity index is 1.70. The molecule has 0 radical (unpaired) electrons. The van der Waals surface area contributed by atoms with Crippen LogP contribution in [-0.2, 0) is 14.0 Å². The third kappa shape index (κ3) is 2.94. The summed E-state index contributed by atoms with van der Waals surface area (Å²) in [4.78, 5) is 2.28. The maximum atomic E-state index is 15.5. The Morgan fingerprint density at radius 2 is 1.62 bits per heavy atom. The van der Waals surface area contributed by atoms with E-state index in [1.165, 1.54) is 0 Å². The zero-order valence-corrected chi connectivity index (χ0v) is 16.7. The standard InChI is InChI=1S/C20H31BFNO3/c1-18(2)19(3,4)26-21(25-18)17-16(22)12-15(23-8-10-24-11-9-23)13-20(17,5)14-6-7-14/h12,14H,6-11,13H2,1-5H3. The smallest absolute Gasteiger partial charge is 0.399 e. The van der Waals surface area contributed by atoms with Gasteiger partial charge in [-0.3, -0.25) is 0 Å². The minimum absolute atomic E-state index is 0.161. The highest BCUT2D eigenvalue weighted by Gasteiger charge is 2.59. The predicted octanol–water partition coefficient (Wildman–Crippen LogP) is 3.88. The number of ether oxygens (including phenoxy) is 1.